The van der Waals surface area contributed by atoms with Gasteiger partial charge in [0.2, 0.25) is 15.9 Å². The van der Waals surface area contributed by atoms with Crippen LogP contribution in [0.5, 0.6) is 11.5 Å². The van der Waals surface area contributed by atoms with E-state index in [0.29, 0.717) is 30.4 Å². The van der Waals surface area contributed by atoms with Crippen LogP contribution in [0.15, 0.2) is 65.6 Å². The van der Waals surface area contributed by atoms with E-state index in [-0.39, 0.29) is 23.8 Å². The third-order valence-electron chi connectivity index (χ3n) is 5.32. The first-order chi connectivity index (χ1) is 14.5. The summed E-state index contributed by atoms with van der Waals surface area (Å²) in [6.07, 6.45) is 0.0985. The van der Waals surface area contributed by atoms with E-state index in [2.05, 4.69) is 4.72 Å². The van der Waals surface area contributed by atoms with Crippen LogP contribution in [0, 0.1) is 0 Å². The van der Waals surface area contributed by atoms with Crippen molar-refractivity contribution in [2.24, 2.45) is 0 Å². The number of nitrogens with one attached hydrogen (secondary N) is 1. The minimum absolute atomic E-state index is 0.0985. The number of hydrogen-bond acceptors (Lipinski definition) is 5. The summed E-state index contributed by atoms with van der Waals surface area (Å²) >= 11 is 0. The molecule has 2 aliphatic rings. The molecule has 0 saturated carbocycles. The number of fused-ring (bicyclic) bond motifs is 2. The predicted octanol–water partition coefficient (Wildman–Crippen LogP) is 2.69. The molecule has 1 N–H and O–H groups in total. The molecule has 0 aromatic heterocycles. The monoisotopic (exact) mass is 424 g/mol. The Hall–Kier alpha value is -3.10. The van der Waals surface area contributed by atoms with E-state index in [1.54, 1.807) is 41.3 Å². The normalized spacial score (nSPS) is 18.7. The van der Waals surface area contributed by atoms with Crippen LogP contribution in [-0.4, -0.2) is 40.1 Å². The molecule has 1 amide bonds. The Balaban J connectivity index is 1.35. The van der Waals surface area contributed by atoms with Crippen LogP contribution >= 0.6 is 0 Å². The molecule has 0 bridgehead atoms. The lowest BCUT2D eigenvalue weighted by Gasteiger charge is -2.22. The molecular weight excluding hydrogens is 404 g/mol. The zero-order valence-electron chi connectivity index (χ0n) is 16.1. The van der Waals surface area contributed by atoms with Crippen LogP contribution < -0.4 is 19.1 Å². The van der Waals surface area contributed by atoms with Gasteiger partial charge < -0.3 is 14.4 Å². The molecule has 154 valence electrons. The third kappa shape index (κ3) is 3.48. The molecule has 3 aromatic rings. The number of carbonyl (C=O) groups excluding carboxylic acids is 1. The van der Waals surface area contributed by atoms with Crippen molar-refractivity contribution in [2.75, 3.05) is 24.7 Å². The Morgan fingerprint density at radius 1 is 0.900 bits per heavy atom. The lowest BCUT2D eigenvalue weighted by atomic mass is 10.1. The molecule has 0 spiro atoms. The summed E-state index contributed by atoms with van der Waals surface area (Å²) in [4.78, 5) is 14.3. The molecule has 30 heavy (non-hydrogen) atoms. The molecule has 1 fully saturated rings. The third-order valence-corrected chi connectivity index (χ3v) is 6.83. The minimum Gasteiger partial charge on any atom is -0.486 e. The smallest absolute Gasteiger partial charge is 0.240 e. The molecule has 1 atom stereocenters. The SMILES string of the molecule is O=C1C[C@@H](NS(=O)(=O)c2ccc3ccccc3c2)CN1c1ccc2c(c1)OCCO2. The van der Waals surface area contributed by atoms with Crippen LogP contribution in [0.2, 0.25) is 0 Å². The standard InChI is InChI=1S/C22H20N2O5S/c25-22-12-17(14-24(22)18-6-8-20-21(13-18)29-10-9-28-20)23-30(26,27)19-7-5-15-3-1-2-4-16(15)11-19/h1-8,11,13,17,23H,9-10,12,14H2/t17-/m1/s1. The van der Waals surface area contributed by atoms with Crippen molar-refractivity contribution < 1.29 is 22.7 Å². The van der Waals surface area contributed by atoms with E-state index < -0.39 is 16.1 Å². The molecule has 7 nitrogen and oxygen atoms in total. The van der Waals surface area contributed by atoms with Gasteiger partial charge in [-0.3, -0.25) is 4.79 Å². The summed E-state index contributed by atoms with van der Waals surface area (Å²) in [5.74, 6) is 1.09. The van der Waals surface area contributed by atoms with Crippen molar-refractivity contribution >= 4 is 32.4 Å². The highest BCUT2D eigenvalue weighted by atomic mass is 32.2. The van der Waals surface area contributed by atoms with E-state index >= 15 is 0 Å². The van der Waals surface area contributed by atoms with E-state index in [0.717, 1.165) is 10.8 Å². The van der Waals surface area contributed by atoms with Crippen LogP contribution in [0.25, 0.3) is 10.8 Å². The van der Waals surface area contributed by atoms with Crippen molar-refractivity contribution in [3.05, 3.63) is 60.7 Å². The summed E-state index contributed by atoms with van der Waals surface area (Å²) in [6.45, 7) is 1.21. The van der Waals surface area contributed by atoms with Gasteiger partial charge in [0.1, 0.15) is 13.2 Å². The maximum Gasteiger partial charge on any atom is 0.240 e. The molecule has 2 heterocycles. The first-order valence-electron chi connectivity index (χ1n) is 9.71. The molecule has 5 rings (SSSR count). The zero-order valence-corrected chi connectivity index (χ0v) is 16.9. The highest BCUT2D eigenvalue weighted by molar-refractivity contribution is 7.89. The Morgan fingerprint density at radius 2 is 1.67 bits per heavy atom. The molecular formula is C22H20N2O5S. The molecule has 2 aliphatic heterocycles. The number of anilines is 1. The highest BCUT2D eigenvalue weighted by Gasteiger charge is 2.34. The summed E-state index contributed by atoms with van der Waals surface area (Å²) in [6, 6.07) is 17.4. The maximum absolute atomic E-state index is 12.9. The van der Waals surface area contributed by atoms with E-state index in [1.165, 1.54) is 0 Å². The minimum atomic E-state index is -3.75. The fourth-order valence-corrected chi connectivity index (χ4v) is 5.12. The van der Waals surface area contributed by atoms with Gasteiger partial charge in [-0.2, -0.15) is 0 Å². The van der Waals surface area contributed by atoms with Gasteiger partial charge in [-0.1, -0.05) is 30.3 Å². The Bertz CT molecular complexity index is 1240. The molecule has 0 radical (unpaired) electrons. The Kier molecular flexibility index (Phi) is 4.60. The van der Waals surface area contributed by atoms with Gasteiger partial charge in [0.05, 0.1) is 4.90 Å². The van der Waals surface area contributed by atoms with Crippen molar-refractivity contribution in [3.63, 3.8) is 0 Å². The zero-order chi connectivity index (χ0) is 20.7. The second kappa shape index (κ2) is 7.30. The van der Waals surface area contributed by atoms with Crippen molar-refractivity contribution in [1.29, 1.82) is 0 Å². The van der Waals surface area contributed by atoms with Gasteiger partial charge in [-0.15, -0.1) is 0 Å². The molecule has 0 unspecified atom stereocenters. The Labute approximate surface area is 174 Å². The first-order valence-corrected chi connectivity index (χ1v) is 11.2. The fourth-order valence-electron chi connectivity index (χ4n) is 3.86. The van der Waals surface area contributed by atoms with E-state index in [4.69, 9.17) is 9.47 Å². The number of hydrogen-bond donors (Lipinski definition) is 1. The van der Waals surface area contributed by atoms with E-state index in [1.807, 2.05) is 24.3 Å². The fraction of sp³-hybridized carbons (Fsp3) is 0.227. The topological polar surface area (TPSA) is 84.9 Å². The van der Waals surface area contributed by atoms with Gasteiger partial charge in [-0.25, -0.2) is 13.1 Å². The van der Waals surface area contributed by atoms with Gasteiger partial charge in [0.15, 0.2) is 11.5 Å². The lowest BCUT2D eigenvalue weighted by Crippen LogP contribution is -2.37. The number of amides is 1. The highest BCUT2D eigenvalue weighted by Crippen LogP contribution is 2.35. The lowest BCUT2D eigenvalue weighted by molar-refractivity contribution is -0.117. The second-order valence-electron chi connectivity index (χ2n) is 7.36. The number of sulfonamides is 1. The van der Waals surface area contributed by atoms with E-state index in [9.17, 15) is 13.2 Å². The maximum atomic E-state index is 12.9. The van der Waals surface area contributed by atoms with Gasteiger partial charge in [0.25, 0.3) is 0 Å². The summed E-state index contributed by atoms with van der Waals surface area (Å²) in [5.41, 5.74) is 0.664. The Morgan fingerprint density at radius 3 is 2.50 bits per heavy atom. The number of rotatable bonds is 4. The second-order valence-corrected chi connectivity index (χ2v) is 9.08. The summed E-state index contributed by atoms with van der Waals surface area (Å²) < 4.78 is 39.6. The van der Waals surface area contributed by atoms with Gasteiger partial charge in [-0.05, 0) is 35.0 Å². The number of carbonyl (C=O) groups is 1. The summed E-state index contributed by atoms with van der Waals surface area (Å²) in [7, 11) is -3.75. The van der Waals surface area contributed by atoms with Crippen molar-refractivity contribution in [3.8, 4) is 11.5 Å². The van der Waals surface area contributed by atoms with Crippen LogP contribution in [0.3, 0.4) is 0 Å². The van der Waals surface area contributed by atoms with Gasteiger partial charge >= 0.3 is 0 Å². The molecule has 0 aliphatic carbocycles. The summed E-state index contributed by atoms with van der Waals surface area (Å²) in [5, 5.41) is 1.82. The van der Waals surface area contributed by atoms with Crippen LogP contribution in [-0.2, 0) is 14.8 Å². The quantitative estimate of drug-likeness (QED) is 0.696. The predicted molar refractivity (Wildman–Crippen MR) is 112 cm³/mol. The average molecular weight is 424 g/mol. The molecule has 1 saturated heterocycles. The number of benzene rings is 3. The number of nitrogens with zero attached hydrogens (tertiary/aromatic N) is 1. The molecule has 3 aromatic carbocycles. The molecule has 8 heteroatoms. The van der Waals surface area contributed by atoms with Crippen molar-refractivity contribution in [2.45, 2.75) is 17.4 Å². The average Bonchev–Trinajstić information content (AvgIpc) is 3.12. The van der Waals surface area contributed by atoms with Crippen LogP contribution in [0.4, 0.5) is 5.69 Å². The number of ether oxygens (including phenoxy) is 2. The van der Waals surface area contributed by atoms with Gasteiger partial charge in [0, 0.05) is 30.8 Å². The van der Waals surface area contributed by atoms with Crippen molar-refractivity contribution in [1.82, 2.24) is 4.72 Å². The first kappa shape index (κ1) is 18.9. The van der Waals surface area contributed by atoms with Crippen LogP contribution in [0.1, 0.15) is 6.42 Å². The largest absolute Gasteiger partial charge is 0.486 e.